The molecule has 1 fully saturated rings. The van der Waals surface area contributed by atoms with Crippen LogP contribution >= 0.6 is 0 Å². The highest BCUT2D eigenvalue weighted by Gasteiger charge is 2.20. The summed E-state index contributed by atoms with van der Waals surface area (Å²) in [6.45, 7) is 0.656. The van der Waals surface area contributed by atoms with Gasteiger partial charge in [-0.1, -0.05) is 31.4 Å². The maximum absolute atomic E-state index is 11.1. The van der Waals surface area contributed by atoms with Gasteiger partial charge < -0.3 is 16.2 Å². The van der Waals surface area contributed by atoms with Crippen LogP contribution < -0.4 is 11.1 Å². The van der Waals surface area contributed by atoms with Gasteiger partial charge in [0.2, 0.25) is 5.91 Å². The monoisotopic (exact) mass is 262 g/mol. The number of hydrogen-bond acceptors (Lipinski definition) is 3. The van der Waals surface area contributed by atoms with E-state index in [-0.39, 0.29) is 12.1 Å². The molecule has 0 bridgehead atoms. The van der Waals surface area contributed by atoms with Gasteiger partial charge >= 0.3 is 0 Å². The third-order valence-corrected chi connectivity index (χ3v) is 3.76. The number of nitrogens with one attached hydrogen (secondary N) is 1. The minimum absolute atomic E-state index is 0.153. The van der Waals surface area contributed by atoms with Gasteiger partial charge in [0.25, 0.3) is 0 Å². The molecule has 0 heterocycles. The highest BCUT2D eigenvalue weighted by molar-refractivity contribution is 5.92. The van der Waals surface area contributed by atoms with E-state index in [1.165, 1.54) is 6.42 Å². The van der Waals surface area contributed by atoms with Crippen molar-refractivity contribution in [2.45, 2.75) is 50.8 Å². The Labute approximate surface area is 114 Å². The Kier molecular flexibility index (Phi) is 4.93. The fourth-order valence-electron chi connectivity index (χ4n) is 2.61. The van der Waals surface area contributed by atoms with Crippen LogP contribution in [0.15, 0.2) is 24.3 Å². The Morgan fingerprint density at radius 1 is 1.32 bits per heavy atom. The quantitative estimate of drug-likeness (QED) is 0.721. The normalized spacial score (nSPS) is 23.8. The van der Waals surface area contributed by atoms with E-state index in [1.807, 2.05) is 12.1 Å². The molecule has 0 saturated heterocycles. The Hall–Kier alpha value is -1.39. The van der Waals surface area contributed by atoms with Crippen molar-refractivity contribution < 1.29 is 9.90 Å². The van der Waals surface area contributed by atoms with Crippen molar-refractivity contribution >= 4 is 5.91 Å². The number of carbonyl (C=O) groups excluding carboxylic acids is 1. The van der Waals surface area contributed by atoms with Crippen LogP contribution in [0.5, 0.6) is 0 Å². The second kappa shape index (κ2) is 6.68. The predicted molar refractivity (Wildman–Crippen MR) is 74.7 cm³/mol. The summed E-state index contributed by atoms with van der Waals surface area (Å²) in [7, 11) is 0. The van der Waals surface area contributed by atoms with Crippen LogP contribution in [-0.2, 0) is 6.54 Å². The summed E-state index contributed by atoms with van der Waals surface area (Å²) in [6, 6.07) is 7.47. The van der Waals surface area contributed by atoms with E-state index in [2.05, 4.69) is 5.32 Å². The van der Waals surface area contributed by atoms with Crippen LogP contribution in [-0.4, -0.2) is 23.2 Å². The van der Waals surface area contributed by atoms with E-state index < -0.39 is 5.91 Å². The molecule has 19 heavy (non-hydrogen) atoms. The number of primary amides is 1. The molecule has 104 valence electrons. The van der Waals surface area contributed by atoms with Gasteiger partial charge in [0, 0.05) is 18.2 Å². The Morgan fingerprint density at radius 2 is 2.11 bits per heavy atom. The first kappa shape index (κ1) is 14.0. The Morgan fingerprint density at radius 3 is 2.89 bits per heavy atom. The van der Waals surface area contributed by atoms with Crippen molar-refractivity contribution in [3.63, 3.8) is 0 Å². The molecule has 1 amide bonds. The zero-order valence-corrected chi connectivity index (χ0v) is 11.1. The minimum atomic E-state index is -0.406. The summed E-state index contributed by atoms with van der Waals surface area (Å²) in [6.07, 6.45) is 5.09. The molecule has 2 rings (SSSR count). The summed E-state index contributed by atoms with van der Waals surface area (Å²) in [5, 5.41) is 13.4. The molecule has 0 aliphatic heterocycles. The molecule has 4 heteroatoms. The number of amides is 1. The van der Waals surface area contributed by atoms with Crippen LogP contribution in [0.1, 0.15) is 48.0 Å². The molecule has 1 aromatic carbocycles. The largest absolute Gasteiger partial charge is 0.392 e. The van der Waals surface area contributed by atoms with Crippen LogP contribution in [0.25, 0.3) is 0 Å². The van der Waals surface area contributed by atoms with Crippen molar-refractivity contribution in [1.82, 2.24) is 5.32 Å². The number of carbonyl (C=O) groups is 1. The number of benzene rings is 1. The van der Waals surface area contributed by atoms with Crippen LogP contribution in [0.3, 0.4) is 0 Å². The van der Waals surface area contributed by atoms with Gasteiger partial charge in [0.05, 0.1) is 6.10 Å². The molecular weight excluding hydrogens is 240 g/mol. The van der Waals surface area contributed by atoms with E-state index in [0.29, 0.717) is 12.1 Å². The lowest BCUT2D eigenvalue weighted by atomic mass is 10.1. The summed E-state index contributed by atoms with van der Waals surface area (Å²) in [5.41, 5.74) is 6.81. The molecule has 0 spiro atoms. The van der Waals surface area contributed by atoms with Crippen molar-refractivity contribution in [2.75, 3.05) is 0 Å². The fraction of sp³-hybridized carbons (Fsp3) is 0.533. The predicted octanol–water partition coefficient (Wildman–Crippen LogP) is 1.57. The molecule has 2 unspecified atom stereocenters. The van der Waals surface area contributed by atoms with E-state index in [9.17, 15) is 9.90 Å². The van der Waals surface area contributed by atoms with Crippen molar-refractivity contribution in [3.8, 4) is 0 Å². The van der Waals surface area contributed by atoms with Crippen LogP contribution in [0, 0.1) is 0 Å². The van der Waals surface area contributed by atoms with Crippen molar-refractivity contribution in [1.29, 1.82) is 0 Å². The number of nitrogens with two attached hydrogens (primary N) is 1. The van der Waals surface area contributed by atoms with E-state index >= 15 is 0 Å². The molecule has 1 aromatic rings. The van der Waals surface area contributed by atoms with E-state index in [0.717, 1.165) is 31.2 Å². The third kappa shape index (κ3) is 4.04. The molecule has 2 atom stereocenters. The molecule has 4 nitrogen and oxygen atoms in total. The molecule has 1 aliphatic rings. The fourth-order valence-corrected chi connectivity index (χ4v) is 2.61. The molecule has 1 saturated carbocycles. The standard InChI is InChI=1S/C15H22N2O2/c16-15(19)12-6-4-5-11(9-12)10-17-13-7-2-1-3-8-14(13)18/h4-6,9,13-14,17-18H,1-3,7-8,10H2,(H2,16,19). The van der Waals surface area contributed by atoms with Gasteiger partial charge in [0.1, 0.15) is 0 Å². The Bertz CT molecular complexity index is 434. The lowest BCUT2D eigenvalue weighted by Crippen LogP contribution is -2.38. The lowest BCUT2D eigenvalue weighted by molar-refractivity contribution is 0.1000. The third-order valence-electron chi connectivity index (χ3n) is 3.76. The second-order valence-electron chi connectivity index (χ2n) is 5.26. The maximum Gasteiger partial charge on any atom is 0.248 e. The van der Waals surface area contributed by atoms with Gasteiger partial charge in [-0.15, -0.1) is 0 Å². The first-order chi connectivity index (χ1) is 9.16. The molecule has 1 aliphatic carbocycles. The first-order valence-corrected chi connectivity index (χ1v) is 6.97. The molecular formula is C15H22N2O2. The summed E-state index contributed by atoms with van der Waals surface area (Å²) < 4.78 is 0. The minimum Gasteiger partial charge on any atom is -0.392 e. The topological polar surface area (TPSA) is 75.4 Å². The zero-order valence-electron chi connectivity index (χ0n) is 11.1. The van der Waals surface area contributed by atoms with Gasteiger partial charge in [-0.2, -0.15) is 0 Å². The summed E-state index contributed by atoms with van der Waals surface area (Å²) in [5.74, 6) is -0.406. The lowest BCUT2D eigenvalue weighted by Gasteiger charge is -2.22. The SMILES string of the molecule is NC(=O)c1cccc(CNC2CCCCCC2O)c1. The second-order valence-corrected chi connectivity index (χ2v) is 5.26. The molecule has 0 aromatic heterocycles. The number of aliphatic hydroxyl groups is 1. The number of rotatable bonds is 4. The van der Waals surface area contributed by atoms with Gasteiger partial charge in [-0.3, -0.25) is 4.79 Å². The maximum atomic E-state index is 11.1. The van der Waals surface area contributed by atoms with Crippen LogP contribution in [0.2, 0.25) is 0 Å². The average Bonchev–Trinajstić information content (AvgIpc) is 2.61. The smallest absolute Gasteiger partial charge is 0.248 e. The highest BCUT2D eigenvalue weighted by Crippen LogP contribution is 2.18. The molecule has 0 radical (unpaired) electrons. The van der Waals surface area contributed by atoms with E-state index in [1.54, 1.807) is 12.1 Å². The van der Waals surface area contributed by atoms with Gasteiger partial charge in [-0.25, -0.2) is 0 Å². The average molecular weight is 262 g/mol. The zero-order chi connectivity index (χ0) is 13.7. The first-order valence-electron chi connectivity index (χ1n) is 6.97. The Balaban J connectivity index is 1.93. The van der Waals surface area contributed by atoms with Gasteiger partial charge in [0.15, 0.2) is 0 Å². The van der Waals surface area contributed by atoms with E-state index in [4.69, 9.17) is 5.73 Å². The number of aliphatic hydroxyl groups excluding tert-OH is 1. The van der Waals surface area contributed by atoms with Crippen LogP contribution in [0.4, 0.5) is 0 Å². The highest BCUT2D eigenvalue weighted by atomic mass is 16.3. The van der Waals surface area contributed by atoms with Crippen molar-refractivity contribution in [3.05, 3.63) is 35.4 Å². The number of hydrogen-bond donors (Lipinski definition) is 3. The summed E-state index contributed by atoms with van der Waals surface area (Å²) in [4.78, 5) is 11.1. The van der Waals surface area contributed by atoms with Crippen molar-refractivity contribution in [2.24, 2.45) is 5.73 Å². The summed E-state index contributed by atoms with van der Waals surface area (Å²) >= 11 is 0. The molecule has 4 N–H and O–H groups in total. The van der Waals surface area contributed by atoms with Gasteiger partial charge in [-0.05, 0) is 30.5 Å².